The normalized spacial score (nSPS) is 14.6. The molecule has 0 bridgehead atoms. The number of benzene rings is 1. The second-order valence-corrected chi connectivity index (χ2v) is 5.69. The first-order valence-corrected chi connectivity index (χ1v) is 7.34. The Morgan fingerprint density at radius 1 is 1.35 bits per heavy atom. The van der Waals surface area contributed by atoms with E-state index in [0.717, 1.165) is 16.5 Å². The van der Waals surface area contributed by atoms with Gasteiger partial charge in [-0.2, -0.15) is 0 Å². The van der Waals surface area contributed by atoms with Crippen molar-refractivity contribution in [3.05, 3.63) is 33.1 Å². The Morgan fingerprint density at radius 2 is 2.06 bits per heavy atom. The average molecular weight is 349 g/mol. The van der Waals surface area contributed by atoms with Gasteiger partial charge < -0.3 is 5.32 Å². The van der Waals surface area contributed by atoms with Gasteiger partial charge in [0.25, 0.3) is 0 Å². The maximum atomic E-state index is 13.1. The van der Waals surface area contributed by atoms with Crippen LogP contribution in [0.4, 0.5) is 4.39 Å². The Hall–Kier alpha value is -0.160. The highest BCUT2D eigenvalue weighted by atomic mass is 127. The lowest BCUT2D eigenvalue weighted by Gasteiger charge is -2.22. The minimum atomic E-state index is -0.156. The molecule has 1 nitrogen and oxygen atoms in total. The molecule has 1 N–H and O–H groups in total. The van der Waals surface area contributed by atoms with E-state index in [1.807, 2.05) is 6.07 Å². The van der Waals surface area contributed by atoms with E-state index in [1.54, 1.807) is 12.1 Å². The second kappa shape index (κ2) is 7.31. The van der Waals surface area contributed by atoms with Crippen LogP contribution in [0.1, 0.15) is 45.2 Å². The van der Waals surface area contributed by atoms with Gasteiger partial charge >= 0.3 is 0 Å². The molecule has 2 unspecified atom stereocenters. The van der Waals surface area contributed by atoms with Crippen LogP contribution >= 0.6 is 22.6 Å². The molecule has 0 spiro atoms. The summed E-state index contributed by atoms with van der Waals surface area (Å²) in [5.74, 6) is 0.525. The van der Waals surface area contributed by atoms with Gasteiger partial charge in [-0.15, -0.1) is 0 Å². The van der Waals surface area contributed by atoms with Crippen LogP contribution in [-0.2, 0) is 0 Å². The highest BCUT2D eigenvalue weighted by molar-refractivity contribution is 14.1. The van der Waals surface area contributed by atoms with Gasteiger partial charge in [0.1, 0.15) is 5.82 Å². The highest BCUT2D eigenvalue weighted by Gasteiger charge is 2.16. The van der Waals surface area contributed by atoms with Crippen LogP contribution in [0.5, 0.6) is 0 Å². The number of hydrogen-bond donors (Lipinski definition) is 1. The smallest absolute Gasteiger partial charge is 0.124 e. The minimum Gasteiger partial charge on any atom is -0.310 e. The third kappa shape index (κ3) is 4.54. The highest BCUT2D eigenvalue weighted by Crippen LogP contribution is 2.27. The SMILES string of the molecule is CCNC(CC(C)CC)c1ccc(F)cc1I. The molecular weight excluding hydrogens is 328 g/mol. The zero-order valence-electron chi connectivity index (χ0n) is 10.8. The lowest BCUT2D eigenvalue weighted by atomic mass is 9.94. The molecule has 0 radical (unpaired) electrons. The Bertz CT molecular complexity index is 354. The van der Waals surface area contributed by atoms with Crippen LogP contribution in [0.2, 0.25) is 0 Å². The summed E-state index contributed by atoms with van der Waals surface area (Å²) >= 11 is 2.22. The molecule has 0 heterocycles. The molecule has 0 aliphatic carbocycles. The summed E-state index contributed by atoms with van der Waals surface area (Å²) in [4.78, 5) is 0. The van der Waals surface area contributed by atoms with Gasteiger partial charge in [0, 0.05) is 9.61 Å². The largest absolute Gasteiger partial charge is 0.310 e. The second-order valence-electron chi connectivity index (χ2n) is 4.53. The van der Waals surface area contributed by atoms with Gasteiger partial charge in [-0.05, 0) is 59.2 Å². The van der Waals surface area contributed by atoms with Gasteiger partial charge in [-0.25, -0.2) is 4.39 Å². The Kier molecular flexibility index (Phi) is 6.41. The van der Waals surface area contributed by atoms with Crippen LogP contribution in [0.15, 0.2) is 18.2 Å². The number of halogens is 2. The summed E-state index contributed by atoms with van der Waals surface area (Å²) in [5, 5.41) is 3.50. The Morgan fingerprint density at radius 3 is 2.59 bits per heavy atom. The summed E-state index contributed by atoms with van der Waals surface area (Å²) in [5.41, 5.74) is 1.22. The lowest BCUT2D eigenvalue weighted by Crippen LogP contribution is -2.23. The van der Waals surface area contributed by atoms with Crippen molar-refractivity contribution < 1.29 is 4.39 Å². The van der Waals surface area contributed by atoms with Gasteiger partial charge in [0.2, 0.25) is 0 Å². The van der Waals surface area contributed by atoms with E-state index in [4.69, 9.17) is 0 Å². The Balaban J connectivity index is 2.88. The zero-order valence-corrected chi connectivity index (χ0v) is 12.9. The van der Waals surface area contributed by atoms with Crippen LogP contribution < -0.4 is 5.32 Å². The van der Waals surface area contributed by atoms with Crippen molar-refractivity contribution in [3.63, 3.8) is 0 Å². The molecule has 0 fully saturated rings. The third-order valence-electron chi connectivity index (χ3n) is 3.12. The van der Waals surface area contributed by atoms with E-state index in [1.165, 1.54) is 12.0 Å². The van der Waals surface area contributed by atoms with Crippen molar-refractivity contribution >= 4 is 22.6 Å². The molecule has 17 heavy (non-hydrogen) atoms. The number of hydrogen-bond acceptors (Lipinski definition) is 1. The zero-order chi connectivity index (χ0) is 12.8. The van der Waals surface area contributed by atoms with Gasteiger partial charge in [-0.1, -0.05) is 33.3 Å². The molecule has 0 saturated carbocycles. The summed E-state index contributed by atoms with van der Waals surface area (Å²) in [7, 11) is 0. The topological polar surface area (TPSA) is 12.0 Å². The molecule has 1 rings (SSSR count). The fourth-order valence-corrected chi connectivity index (χ4v) is 2.77. The summed E-state index contributed by atoms with van der Waals surface area (Å²) in [6, 6.07) is 5.41. The molecule has 0 amide bonds. The first kappa shape index (κ1) is 14.9. The maximum absolute atomic E-state index is 13.1. The molecule has 0 aliphatic heterocycles. The average Bonchev–Trinajstić information content (AvgIpc) is 2.28. The molecule has 0 saturated heterocycles. The van der Waals surface area contributed by atoms with Crippen molar-refractivity contribution in [1.29, 1.82) is 0 Å². The molecule has 96 valence electrons. The van der Waals surface area contributed by atoms with Crippen molar-refractivity contribution in [2.45, 2.75) is 39.7 Å². The minimum absolute atomic E-state index is 0.156. The predicted molar refractivity (Wildman–Crippen MR) is 79.6 cm³/mol. The van der Waals surface area contributed by atoms with Crippen molar-refractivity contribution in [2.24, 2.45) is 5.92 Å². The van der Waals surface area contributed by atoms with Crippen LogP contribution in [-0.4, -0.2) is 6.54 Å². The molecular formula is C14H21FIN. The fraction of sp³-hybridized carbons (Fsp3) is 0.571. The van der Waals surface area contributed by atoms with E-state index >= 15 is 0 Å². The van der Waals surface area contributed by atoms with E-state index in [2.05, 4.69) is 48.7 Å². The molecule has 1 aromatic carbocycles. The Labute approximate surface area is 117 Å². The summed E-state index contributed by atoms with van der Waals surface area (Å²) < 4.78 is 14.1. The molecule has 3 heteroatoms. The summed E-state index contributed by atoms with van der Waals surface area (Å²) in [6.45, 7) is 7.53. The van der Waals surface area contributed by atoms with Crippen molar-refractivity contribution in [2.75, 3.05) is 6.54 Å². The summed E-state index contributed by atoms with van der Waals surface area (Å²) in [6.07, 6.45) is 2.28. The first-order valence-electron chi connectivity index (χ1n) is 6.26. The van der Waals surface area contributed by atoms with E-state index < -0.39 is 0 Å². The maximum Gasteiger partial charge on any atom is 0.124 e. The van der Waals surface area contributed by atoms with Crippen LogP contribution in [0.3, 0.4) is 0 Å². The van der Waals surface area contributed by atoms with Gasteiger partial charge in [0.05, 0.1) is 0 Å². The van der Waals surface area contributed by atoms with Crippen LogP contribution in [0, 0.1) is 15.3 Å². The van der Waals surface area contributed by atoms with Crippen molar-refractivity contribution in [1.82, 2.24) is 5.32 Å². The van der Waals surface area contributed by atoms with Crippen molar-refractivity contribution in [3.8, 4) is 0 Å². The quantitative estimate of drug-likeness (QED) is 0.745. The molecule has 1 aromatic rings. The molecule has 0 aliphatic rings. The fourth-order valence-electron chi connectivity index (χ4n) is 1.92. The van der Waals surface area contributed by atoms with E-state index in [0.29, 0.717) is 12.0 Å². The third-order valence-corrected chi connectivity index (χ3v) is 4.06. The monoisotopic (exact) mass is 349 g/mol. The molecule has 2 atom stereocenters. The van der Waals surface area contributed by atoms with E-state index in [9.17, 15) is 4.39 Å². The van der Waals surface area contributed by atoms with E-state index in [-0.39, 0.29) is 5.82 Å². The number of rotatable bonds is 6. The standard InChI is InChI=1S/C14H21FIN/c1-4-10(3)8-14(17-5-2)12-7-6-11(15)9-13(12)16/h6-7,9-10,14,17H,4-5,8H2,1-3H3. The lowest BCUT2D eigenvalue weighted by molar-refractivity contribution is 0.407. The van der Waals surface area contributed by atoms with Crippen LogP contribution in [0.25, 0.3) is 0 Å². The number of nitrogens with one attached hydrogen (secondary N) is 1. The predicted octanol–water partition coefficient (Wildman–Crippen LogP) is 4.52. The first-order chi connectivity index (χ1) is 8.08. The van der Waals surface area contributed by atoms with Gasteiger partial charge in [0.15, 0.2) is 0 Å². The molecule has 0 aromatic heterocycles. The van der Waals surface area contributed by atoms with Gasteiger partial charge in [-0.3, -0.25) is 0 Å².